The van der Waals surface area contributed by atoms with Crippen LogP contribution in [0.1, 0.15) is 12.6 Å². The van der Waals surface area contributed by atoms with Crippen LogP contribution in [-0.2, 0) is 4.74 Å². The molecule has 0 saturated carbocycles. The van der Waals surface area contributed by atoms with Gasteiger partial charge in [-0.1, -0.05) is 18.2 Å². The number of para-hydroxylation sites is 1. The highest BCUT2D eigenvalue weighted by Gasteiger charge is 2.06. The standard InChI is InChI=1S/C14H17NO2/c1-10-7-8-12-5-4-6-13(14(12)15-10)17-9-11(2)16-3/h4-8,11H,9H2,1-3H3/t11-/m1/s1. The van der Waals surface area contributed by atoms with E-state index in [1.165, 1.54) is 0 Å². The Morgan fingerprint density at radius 2 is 2.06 bits per heavy atom. The van der Waals surface area contributed by atoms with Crippen molar-refractivity contribution in [1.29, 1.82) is 0 Å². The molecule has 0 spiro atoms. The first kappa shape index (κ1) is 11.9. The first-order valence-corrected chi connectivity index (χ1v) is 5.72. The van der Waals surface area contributed by atoms with E-state index in [0.717, 1.165) is 22.3 Å². The number of aromatic nitrogens is 1. The summed E-state index contributed by atoms with van der Waals surface area (Å²) in [7, 11) is 1.68. The van der Waals surface area contributed by atoms with Gasteiger partial charge in [-0.05, 0) is 26.0 Å². The quantitative estimate of drug-likeness (QED) is 0.810. The fraction of sp³-hybridized carbons (Fsp3) is 0.357. The highest BCUT2D eigenvalue weighted by molar-refractivity contribution is 5.84. The molecule has 90 valence electrons. The first-order valence-electron chi connectivity index (χ1n) is 5.72. The van der Waals surface area contributed by atoms with Crippen LogP contribution in [0, 0.1) is 6.92 Å². The molecule has 3 heteroatoms. The third-order valence-corrected chi connectivity index (χ3v) is 2.70. The van der Waals surface area contributed by atoms with Gasteiger partial charge in [0.2, 0.25) is 0 Å². The molecule has 0 N–H and O–H groups in total. The lowest BCUT2D eigenvalue weighted by atomic mass is 10.2. The van der Waals surface area contributed by atoms with Crippen molar-refractivity contribution in [3.05, 3.63) is 36.0 Å². The van der Waals surface area contributed by atoms with Crippen LogP contribution in [0.2, 0.25) is 0 Å². The molecule has 0 saturated heterocycles. The van der Waals surface area contributed by atoms with Gasteiger partial charge in [-0.2, -0.15) is 0 Å². The predicted octanol–water partition coefficient (Wildman–Crippen LogP) is 2.96. The summed E-state index contributed by atoms with van der Waals surface area (Å²) in [5, 5.41) is 1.10. The topological polar surface area (TPSA) is 31.4 Å². The molecule has 3 nitrogen and oxygen atoms in total. The Hall–Kier alpha value is -1.61. The number of benzene rings is 1. The first-order chi connectivity index (χ1) is 8.20. The number of methoxy groups -OCH3 is 1. The van der Waals surface area contributed by atoms with Crippen LogP contribution in [0.5, 0.6) is 5.75 Å². The summed E-state index contributed by atoms with van der Waals surface area (Å²) in [4.78, 5) is 4.51. The van der Waals surface area contributed by atoms with E-state index in [0.29, 0.717) is 6.61 Å². The fourth-order valence-corrected chi connectivity index (χ4v) is 1.61. The van der Waals surface area contributed by atoms with E-state index in [4.69, 9.17) is 9.47 Å². The third kappa shape index (κ3) is 2.74. The minimum atomic E-state index is 0.0788. The molecule has 1 aromatic carbocycles. The predicted molar refractivity (Wildman–Crippen MR) is 68.4 cm³/mol. The van der Waals surface area contributed by atoms with Gasteiger partial charge in [0.15, 0.2) is 0 Å². The minimum Gasteiger partial charge on any atom is -0.489 e. The molecule has 0 unspecified atom stereocenters. The summed E-state index contributed by atoms with van der Waals surface area (Å²) < 4.78 is 10.9. The maximum absolute atomic E-state index is 5.74. The van der Waals surface area contributed by atoms with E-state index in [9.17, 15) is 0 Å². The van der Waals surface area contributed by atoms with Crippen molar-refractivity contribution in [3.8, 4) is 5.75 Å². The summed E-state index contributed by atoms with van der Waals surface area (Å²) in [5.74, 6) is 0.815. The van der Waals surface area contributed by atoms with E-state index >= 15 is 0 Å². The van der Waals surface area contributed by atoms with Crippen molar-refractivity contribution >= 4 is 10.9 Å². The maximum Gasteiger partial charge on any atom is 0.145 e. The molecular formula is C14H17NO2. The lowest BCUT2D eigenvalue weighted by Gasteiger charge is -2.12. The second-order valence-electron chi connectivity index (χ2n) is 4.14. The molecular weight excluding hydrogens is 214 g/mol. The van der Waals surface area contributed by atoms with Gasteiger partial charge in [-0.3, -0.25) is 0 Å². The van der Waals surface area contributed by atoms with Crippen LogP contribution >= 0.6 is 0 Å². The van der Waals surface area contributed by atoms with Crippen LogP contribution in [0.4, 0.5) is 0 Å². The summed E-state index contributed by atoms with van der Waals surface area (Å²) in [5.41, 5.74) is 1.91. The Balaban J connectivity index is 2.30. The molecule has 0 bridgehead atoms. The zero-order valence-corrected chi connectivity index (χ0v) is 10.4. The molecule has 0 aliphatic carbocycles. The van der Waals surface area contributed by atoms with Gasteiger partial charge in [0.05, 0.1) is 6.10 Å². The third-order valence-electron chi connectivity index (χ3n) is 2.70. The Bertz CT molecular complexity index is 511. The Morgan fingerprint density at radius 3 is 2.82 bits per heavy atom. The highest BCUT2D eigenvalue weighted by atomic mass is 16.5. The zero-order valence-electron chi connectivity index (χ0n) is 10.4. The van der Waals surface area contributed by atoms with Crippen molar-refractivity contribution in [1.82, 2.24) is 4.98 Å². The molecule has 2 rings (SSSR count). The summed E-state index contributed by atoms with van der Waals surface area (Å²) in [6.45, 7) is 4.49. The van der Waals surface area contributed by atoms with E-state index < -0.39 is 0 Å². The van der Waals surface area contributed by atoms with Crippen molar-refractivity contribution in [2.75, 3.05) is 13.7 Å². The maximum atomic E-state index is 5.74. The number of hydrogen-bond acceptors (Lipinski definition) is 3. The summed E-state index contributed by atoms with van der Waals surface area (Å²) in [6, 6.07) is 10.0. The van der Waals surface area contributed by atoms with Gasteiger partial charge in [-0.25, -0.2) is 4.98 Å². The molecule has 0 aliphatic rings. The SMILES string of the molecule is CO[C@H](C)COc1cccc2ccc(C)nc12. The summed E-state index contributed by atoms with van der Waals surface area (Å²) >= 11 is 0. The molecule has 17 heavy (non-hydrogen) atoms. The average Bonchev–Trinajstić information content (AvgIpc) is 2.35. The van der Waals surface area contributed by atoms with Crippen LogP contribution in [0.3, 0.4) is 0 Å². The molecule has 0 radical (unpaired) electrons. The van der Waals surface area contributed by atoms with Gasteiger partial charge in [0, 0.05) is 18.2 Å². The average molecular weight is 231 g/mol. The van der Waals surface area contributed by atoms with E-state index in [1.807, 2.05) is 38.1 Å². The van der Waals surface area contributed by atoms with Crippen LogP contribution in [-0.4, -0.2) is 24.8 Å². The van der Waals surface area contributed by atoms with Crippen molar-refractivity contribution < 1.29 is 9.47 Å². The van der Waals surface area contributed by atoms with Crippen molar-refractivity contribution in [3.63, 3.8) is 0 Å². The number of fused-ring (bicyclic) bond motifs is 1. The molecule has 0 amide bonds. The number of ether oxygens (including phenoxy) is 2. The second-order valence-corrected chi connectivity index (χ2v) is 4.14. The number of hydrogen-bond donors (Lipinski definition) is 0. The largest absolute Gasteiger partial charge is 0.489 e. The van der Waals surface area contributed by atoms with Gasteiger partial charge in [0.25, 0.3) is 0 Å². The Labute approximate surface area is 101 Å². The number of aryl methyl sites for hydroxylation is 1. The minimum absolute atomic E-state index is 0.0788. The highest BCUT2D eigenvalue weighted by Crippen LogP contribution is 2.24. The molecule has 0 fully saturated rings. The van der Waals surface area contributed by atoms with Gasteiger partial charge in [0.1, 0.15) is 17.9 Å². The van der Waals surface area contributed by atoms with Crippen molar-refractivity contribution in [2.45, 2.75) is 20.0 Å². The number of nitrogens with zero attached hydrogens (tertiary/aromatic N) is 1. The van der Waals surface area contributed by atoms with Gasteiger partial charge in [-0.15, -0.1) is 0 Å². The van der Waals surface area contributed by atoms with Crippen LogP contribution in [0.25, 0.3) is 10.9 Å². The monoisotopic (exact) mass is 231 g/mol. The normalized spacial score (nSPS) is 12.6. The Kier molecular flexibility index (Phi) is 3.59. The summed E-state index contributed by atoms with van der Waals surface area (Å²) in [6.07, 6.45) is 0.0788. The molecule has 1 heterocycles. The molecule has 2 aromatic rings. The second kappa shape index (κ2) is 5.15. The zero-order chi connectivity index (χ0) is 12.3. The van der Waals surface area contributed by atoms with E-state index in [2.05, 4.69) is 11.1 Å². The van der Waals surface area contributed by atoms with Crippen LogP contribution < -0.4 is 4.74 Å². The van der Waals surface area contributed by atoms with E-state index in [-0.39, 0.29) is 6.10 Å². The van der Waals surface area contributed by atoms with Crippen molar-refractivity contribution in [2.24, 2.45) is 0 Å². The lowest BCUT2D eigenvalue weighted by Crippen LogP contribution is -2.16. The smallest absolute Gasteiger partial charge is 0.145 e. The molecule has 1 atom stereocenters. The molecule has 0 aliphatic heterocycles. The van der Waals surface area contributed by atoms with E-state index in [1.54, 1.807) is 7.11 Å². The number of rotatable bonds is 4. The lowest BCUT2D eigenvalue weighted by molar-refractivity contribution is 0.0721. The molecule has 1 aromatic heterocycles. The fourth-order valence-electron chi connectivity index (χ4n) is 1.61. The van der Waals surface area contributed by atoms with Gasteiger partial charge < -0.3 is 9.47 Å². The Morgan fingerprint density at radius 1 is 1.24 bits per heavy atom. The number of pyridine rings is 1. The van der Waals surface area contributed by atoms with Crippen LogP contribution in [0.15, 0.2) is 30.3 Å². The van der Waals surface area contributed by atoms with Gasteiger partial charge >= 0.3 is 0 Å².